The van der Waals surface area contributed by atoms with Crippen molar-refractivity contribution in [3.05, 3.63) is 29.8 Å². The SMILES string of the molecule is CCCS(=O)(=O)N1CCCN(C(=O)c2cccc(N)c2)CC1. The third kappa shape index (κ3) is 3.98. The molecule has 0 aromatic heterocycles. The molecule has 0 unspecified atom stereocenters. The van der Waals surface area contributed by atoms with E-state index in [1.807, 2.05) is 6.92 Å². The largest absolute Gasteiger partial charge is 0.399 e. The van der Waals surface area contributed by atoms with E-state index in [1.165, 1.54) is 4.31 Å². The second kappa shape index (κ2) is 7.11. The second-order valence-electron chi connectivity index (χ2n) is 5.49. The first-order chi connectivity index (χ1) is 10.4. The number of anilines is 1. The Morgan fingerprint density at radius 3 is 2.68 bits per heavy atom. The Hall–Kier alpha value is -1.60. The Morgan fingerprint density at radius 2 is 2.00 bits per heavy atom. The van der Waals surface area contributed by atoms with Crippen molar-refractivity contribution >= 4 is 21.6 Å². The Morgan fingerprint density at radius 1 is 1.23 bits per heavy atom. The van der Waals surface area contributed by atoms with Gasteiger partial charge < -0.3 is 10.6 Å². The molecule has 2 N–H and O–H groups in total. The third-order valence-electron chi connectivity index (χ3n) is 3.73. The molecule has 0 atom stereocenters. The van der Waals surface area contributed by atoms with Crippen LogP contribution in [0.3, 0.4) is 0 Å². The highest BCUT2D eigenvalue weighted by Crippen LogP contribution is 2.14. The molecule has 0 aliphatic carbocycles. The second-order valence-corrected chi connectivity index (χ2v) is 7.57. The molecule has 1 aromatic carbocycles. The first-order valence-electron chi connectivity index (χ1n) is 7.56. The van der Waals surface area contributed by atoms with E-state index in [1.54, 1.807) is 29.2 Å². The van der Waals surface area contributed by atoms with E-state index in [4.69, 9.17) is 5.73 Å². The minimum absolute atomic E-state index is 0.0953. The normalized spacial score (nSPS) is 17.2. The quantitative estimate of drug-likeness (QED) is 0.842. The molecular formula is C15H23N3O3S. The minimum atomic E-state index is -3.20. The predicted molar refractivity (Wildman–Crippen MR) is 87.0 cm³/mol. The van der Waals surface area contributed by atoms with Crippen molar-refractivity contribution in [2.75, 3.05) is 37.7 Å². The number of nitrogens with zero attached hydrogens (tertiary/aromatic N) is 2. The predicted octanol–water partition coefficient (Wildman–Crippen LogP) is 1.16. The first kappa shape index (κ1) is 16.8. The number of nitrogens with two attached hydrogens (primary N) is 1. The molecule has 0 saturated carbocycles. The highest BCUT2D eigenvalue weighted by molar-refractivity contribution is 7.89. The van der Waals surface area contributed by atoms with Crippen LogP contribution in [0.5, 0.6) is 0 Å². The van der Waals surface area contributed by atoms with Gasteiger partial charge in [0.25, 0.3) is 5.91 Å². The van der Waals surface area contributed by atoms with Crippen LogP contribution in [0.25, 0.3) is 0 Å². The number of carbonyl (C=O) groups excluding carboxylic acids is 1. The zero-order valence-electron chi connectivity index (χ0n) is 12.9. The van der Waals surface area contributed by atoms with Crippen molar-refractivity contribution in [1.82, 2.24) is 9.21 Å². The molecule has 1 amide bonds. The van der Waals surface area contributed by atoms with Gasteiger partial charge in [-0.2, -0.15) is 0 Å². The summed E-state index contributed by atoms with van der Waals surface area (Å²) in [6.07, 6.45) is 1.25. The van der Waals surface area contributed by atoms with E-state index in [2.05, 4.69) is 0 Å². The van der Waals surface area contributed by atoms with Crippen LogP contribution in [0.1, 0.15) is 30.1 Å². The van der Waals surface area contributed by atoms with Gasteiger partial charge in [0, 0.05) is 37.4 Å². The van der Waals surface area contributed by atoms with Gasteiger partial charge in [-0.3, -0.25) is 4.79 Å². The van der Waals surface area contributed by atoms with Gasteiger partial charge >= 0.3 is 0 Å². The lowest BCUT2D eigenvalue weighted by Gasteiger charge is -2.22. The average Bonchev–Trinajstić information content (AvgIpc) is 2.73. The van der Waals surface area contributed by atoms with E-state index in [0.717, 1.165) is 0 Å². The fourth-order valence-corrected chi connectivity index (χ4v) is 4.16. The Bertz CT molecular complexity index is 631. The lowest BCUT2D eigenvalue weighted by Crippen LogP contribution is -2.38. The van der Waals surface area contributed by atoms with Crippen LogP contribution in [0.15, 0.2) is 24.3 Å². The zero-order chi connectivity index (χ0) is 16.2. The van der Waals surface area contributed by atoms with Crippen LogP contribution in [-0.4, -0.2) is 55.5 Å². The maximum absolute atomic E-state index is 12.5. The van der Waals surface area contributed by atoms with Gasteiger partial charge in [-0.15, -0.1) is 0 Å². The fraction of sp³-hybridized carbons (Fsp3) is 0.533. The minimum Gasteiger partial charge on any atom is -0.399 e. The molecule has 7 heteroatoms. The molecule has 6 nitrogen and oxygen atoms in total. The number of amides is 1. The summed E-state index contributed by atoms with van der Waals surface area (Å²) in [4.78, 5) is 14.2. The van der Waals surface area contributed by atoms with Crippen LogP contribution in [0.2, 0.25) is 0 Å². The van der Waals surface area contributed by atoms with Crippen molar-refractivity contribution in [2.24, 2.45) is 0 Å². The maximum atomic E-state index is 12.5. The van der Waals surface area contributed by atoms with Gasteiger partial charge in [0.1, 0.15) is 0 Å². The summed E-state index contributed by atoms with van der Waals surface area (Å²) in [6.45, 7) is 3.66. The summed E-state index contributed by atoms with van der Waals surface area (Å²) in [5.74, 6) is 0.0675. The van der Waals surface area contributed by atoms with Gasteiger partial charge in [0.05, 0.1) is 5.75 Å². The molecule has 0 bridgehead atoms. The summed E-state index contributed by atoms with van der Waals surface area (Å²) >= 11 is 0. The summed E-state index contributed by atoms with van der Waals surface area (Å²) < 4.78 is 25.8. The summed E-state index contributed by atoms with van der Waals surface area (Å²) in [5, 5.41) is 0. The van der Waals surface area contributed by atoms with Crippen LogP contribution >= 0.6 is 0 Å². The van der Waals surface area contributed by atoms with Gasteiger partial charge in [0.15, 0.2) is 0 Å². The van der Waals surface area contributed by atoms with Gasteiger partial charge in [-0.1, -0.05) is 13.0 Å². The highest BCUT2D eigenvalue weighted by Gasteiger charge is 2.26. The molecule has 2 rings (SSSR count). The van der Waals surface area contributed by atoms with Crippen LogP contribution < -0.4 is 5.73 Å². The van der Waals surface area contributed by atoms with Crippen molar-refractivity contribution in [3.8, 4) is 0 Å². The number of rotatable bonds is 4. The molecule has 0 radical (unpaired) electrons. The Kier molecular flexibility index (Phi) is 5.42. The maximum Gasteiger partial charge on any atom is 0.253 e. The van der Waals surface area contributed by atoms with Crippen molar-refractivity contribution in [3.63, 3.8) is 0 Å². The van der Waals surface area contributed by atoms with E-state index in [9.17, 15) is 13.2 Å². The monoisotopic (exact) mass is 325 g/mol. The molecule has 1 aliphatic heterocycles. The molecule has 22 heavy (non-hydrogen) atoms. The first-order valence-corrected chi connectivity index (χ1v) is 9.17. The molecule has 1 saturated heterocycles. The number of benzene rings is 1. The smallest absolute Gasteiger partial charge is 0.253 e. The number of sulfonamides is 1. The lowest BCUT2D eigenvalue weighted by atomic mass is 10.1. The van der Waals surface area contributed by atoms with E-state index in [-0.39, 0.29) is 11.7 Å². The van der Waals surface area contributed by atoms with Crippen LogP contribution in [-0.2, 0) is 10.0 Å². The van der Waals surface area contributed by atoms with Crippen molar-refractivity contribution in [1.29, 1.82) is 0 Å². The van der Waals surface area contributed by atoms with E-state index >= 15 is 0 Å². The lowest BCUT2D eigenvalue weighted by molar-refractivity contribution is 0.0764. The third-order valence-corrected chi connectivity index (χ3v) is 5.81. The Labute approximate surface area is 131 Å². The number of nitrogen functional groups attached to an aromatic ring is 1. The van der Waals surface area contributed by atoms with Crippen LogP contribution in [0.4, 0.5) is 5.69 Å². The van der Waals surface area contributed by atoms with Crippen LogP contribution in [0, 0.1) is 0 Å². The molecule has 1 aliphatic rings. The summed E-state index contributed by atoms with van der Waals surface area (Å²) in [5.41, 5.74) is 6.81. The summed E-state index contributed by atoms with van der Waals surface area (Å²) in [6, 6.07) is 6.87. The topological polar surface area (TPSA) is 83.7 Å². The molecule has 1 heterocycles. The molecule has 1 aromatic rings. The summed E-state index contributed by atoms with van der Waals surface area (Å²) in [7, 11) is -3.20. The van der Waals surface area contributed by atoms with Gasteiger partial charge in [-0.05, 0) is 31.0 Å². The van der Waals surface area contributed by atoms with Gasteiger partial charge in [-0.25, -0.2) is 12.7 Å². The highest BCUT2D eigenvalue weighted by atomic mass is 32.2. The fourth-order valence-electron chi connectivity index (χ4n) is 2.62. The standard InChI is InChI=1S/C15H23N3O3S/c1-2-11-22(20,21)18-8-4-7-17(9-10-18)15(19)13-5-3-6-14(16)12-13/h3,5-6,12H,2,4,7-11,16H2,1H3. The number of hydrogen-bond donors (Lipinski definition) is 1. The Balaban J connectivity index is 2.06. The van der Waals surface area contributed by atoms with E-state index < -0.39 is 10.0 Å². The van der Waals surface area contributed by atoms with E-state index in [0.29, 0.717) is 50.3 Å². The van der Waals surface area contributed by atoms with Crippen molar-refractivity contribution in [2.45, 2.75) is 19.8 Å². The zero-order valence-corrected chi connectivity index (χ0v) is 13.7. The van der Waals surface area contributed by atoms with Gasteiger partial charge in [0.2, 0.25) is 10.0 Å². The molecule has 122 valence electrons. The number of carbonyl (C=O) groups is 1. The number of hydrogen-bond acceptors (Lipinski definition) is 4. The molecule has 1 fully saturated rings. The van der Waals surface area contributed by atoms with Crippen molar-refractivity contribution < 1.29 is 13.2 Å². The molecular weight excluding hydrogens is 302 g/mol. The average molecular weight is 325 g/mol. The molecule has 0 spiro atoms.